The molecule has 1 fully saturated rings. The molecule has 1 heterocycles. The van der Waals surface area contributed by atoms with Gasteiger partial charge in [-0.3, -0.25) is 9.89 Å². The minimum absolute atomic E-state index is 0.610. The summed E-state index contributed by atoms with van der Waals surface area (Å²) in [5.41, 5.74) is 0. The number of rotatable bonds is 5. The van der Waals surface area contributed by atoms with Gasteiger partial charge in [-0.1, -0.05) is 20.8 Å². The molecule has 118 valence electrons. The molecule has 2 atom stereocenters. The van der Waals surface area contributed by atoms with E-state index in [1.54, 1.807) is 0 Å². The highest BCUT2D eigenvalue weighted by Crippen LogP contribution is 2.20. The molecule has 20 heavy (non-hydrogen) atoms. The summed E-state index contributed by atoms with van der Waals surface area (Å²) < 4.78 is 0. The Kier molecular flexibility index (Phi) is 7.35. The van der Waals surface area contributed by atoms with Crippen molar-refractivity contribution in [2.24, 2.45) is 16.8 Å². The van der Waals surface area contributed by atoms with Crippen LogP contribution < -0.4 is 5.32 Å². The van der Waals surface area contributed by atoms with Gasteiger partial charge >= 0.3 is 0 Å². The molecule has 0 radical (unpaired) electrons. The van der Waals surface area contributed by atoms with E-state index in [1.807, 2.05) is 7.05 Å². The van der Waals surface area contributed by atoms with Gasteiger partial charge in [-0.15, -0.1) is 0 Å². The van der Waals surface area contributed by atoms with Gasteiger partial charge in [-0.25, -0.2) is 0 Å². The second kappa shape index (κ2) is 8.50. The molecule has 0 spiro atoms. The van der Waals surface area contributed by atoms with Crippen LogP contribution in [0.1, 0.15) is 41.0 Å². The molecule has 1 aliphatic heterocycles. The van der Waals surface area contributed by atoms with E-state index in [9.17, 15) is 0 Å². The number of nitrogens with zero attached hydrogens (tertiary/aromatic N) is 3. The van der Waals surface area contributed by atoms with E-state index in [0.717, 1.165) is 50.5 Å². The van der Waals surface area contributed by atoms with Crippen LogP contribution in [-0.4, -0.2) is 61.6 Å². The molecule has 0 aromatic heterocycles. The van der Waals surface area contributed by atoms with Crippen LogP contribution in [-0.2, 0) is 0 Å². The van der Waals surface area contributed by atoms with Crippen molar-refractivity contribution >= 4 is 5.96 Å². The van der Waals surface area contributed by atoms with E-state index >= 15 is 0 Å². The molecular weight excluding hydrogens is 248 g/mol. The molecule has 1 N–H and O–H groups in total. The lowest BCUT2D eigenvalue weighted by Crippen LogP contribution is -2.50. The van der Waals surface area contributed by atoms with Gasteiger partial charge in [0.25, 0.3) is 0 Å². The highest BCUT2D eigenvalue weighted by Gasteiger charge is 2.23. The summed E-state index contributed by atoms with van der Waals surface area (Å²) >= 11 is 0. The fourth-order valence-corrected chi connectivity index (χ4v) is 3.26. The van der Waals surface area contributed by atoms with Crippen LogP contribution in [0.25, 0.3) is 0 Å². The van der Waals surface area contributed by atoms with E-state index in [1.165, 1.54) is 6.42 Å². The number of nitrogens with one attached hydrogen (secondary N) is 1. The fourth-order valence-electron chi connectivity index (χ4n) is 3.26. The van der Waals surface area contributed by atoms with Crippen LogP contribution in [0.2, 0.25) is 0 Å². The zero-order valence-corrected chi connectivity index (χ0v) is 14.3. The van der Waals surface area contributed by atoms with Gasteiger partial charge in [0.1, 0.15) is 0 Å². The van der Waals surface area contributed by atoms with E-state index < -0.39 is 0 Å². The Balaban J connectivity index is 2.43. The summed E-state index contributed by atoms with van der Waals surface area (Å²) in [6.07, 6.45) is 1.34. The van der Waals surface area contributed by atoms with Crippen LogP contribution >= 0.6 is 0 Å². The fraction of sp³-hybridized carbons (Fsp3) is 0.938. The summed E-state index contributed by atoms with van der Waals surface area (Å²) in [5, 5.41) is 3.53. The molecule has 4 nitrogen and oxygen atoms in total. The van der Waals surface area contributed by atoms with Crippen molar-refractivity contribution in [2.75, 3.05) is 39.8 Å². The summed E-state index contributed by atoms with van der Waals surface area (Å²) in [6.45, 7) is 16.8. The van der Waals surface area contributed by atoms with Crippen molar-refractivity contribution < 1.29 is 0 Å². The molecule has 1 rings (SSSR count). The minimum Gasteiger partial charge on any atom is -0.355 e. The standard InChI is InChI=1S/C16H34N4/c1-7-19(13(2)3)9-8-18-16(17-6)20-11-14(4)10-15(5)12-20/h13-15H,7-12H2,1-6H3,(H,17,18). The molecule has 0 saturated carbocycles. The maximum absolute atomic E-state index is 4.46. The highest BCUT2D eigenvalue weighted by molar-refractivity contribution is 5.80. The number of piperidine rings is 1. The summed E-state index contributed by atoms with van der Waals surface area (Å²) in [4.78, 5) is 9.36. The summed E-state index contributed by atoms with van der Waals surface area (Å²) in [6, 6.07) is 0.610. The Bertz CT molecular complexity index is 291. The van der Waals surface area contributed by atoms with E-state index in [2.05, 4.69) is 54.7 Å². The van der Waals surface area contributed by atoms with Crippen molar-refractivity contribution in [3.63, 3.8) is 0 Å². The van der Waals surface area contributed by atoms with Crippen LogP contribution in [0.4, 0.5) is 0 Å². The molecular formula is C16H34N4. The number of hydrogen-bond acceptors (Lipinski definition) is 2. The monoisotopic (exact) mass is 282 g/mol. The summed E-state index contributed by atoms with van der Waals surface area (Å²) in [5.74, 6) is 2.60. The molecule has 0 bridgehead atoms. The molecule has 1 saturated heterocycles. The highest BCUT2D eigenvalue weighted by atomic mass is 15.3. The number of likely N-dealkylation sites (tertiary alicyclic amines) is 1. The van der Waals surface area contributed by atoms with Crippen molar-refractivity contribution in [2.45, 2.75) is 47.1 Å². The van der Waals surface area contributed by atoms with Crippen LogP contribution in [0.3, 0.4) is 0 Å². The SMILES string of the molecule is CCN(CCNC(=NC)N1CC(C)CC(C)C1)C(C)C. The van der Waals surface area contributed by atoms with Gasteiger partial charge in [0.2, 0.25) is 0 Å². The second-order valence-corrected chi connectivity index (χ2v) is 6.55. The Morgan fingerprint density at radius 3 is 2.35 bits per heavy atom. The third kappa shape index (κ3) is 5.31. The van der Waals surface area contributed by atoms with Crippen molar-refractivity contribution in [3.05, 3.63) is 0 Å². The maximum Gasteiger partial charge on any atom is 0.193 e. The minimum atomic E-state index is 0.610. The van der Waals surface area contributed by atoms with E-state index in [0.29, 0.717) is 6.04 Å². The van der Waals surface area contributed by atoms with Crippen molar-refractivity contribution in [1.82, 2.24) is 15.1 Å². The van der Waals surface area contributed by atoms with Crippen molar-refractivity contribution in [3.8, 4) is 0 Å². The number of likely N-dealkylation sites (N-methyl/N-ethyl adjacent to an activating group) is 1. The third-order valence-corrected chi connectivity index (χ3v) is 4.20. The average Bonchev–Trinajstić information content (AvgIpc) is 2.37. The number of hydrogen-bond donors (Lipinski definition) is 1. The van der Waals surface area contributed by atoms with Crippen molar-refractivity contribution in [1.29, 1.82) is 0 Å². The largest absolute Gasteiger partial charge is 0.355 e. The smallest absolute Gasteiger partial charge is 0.193 e. The third-order valence-electron chi connectivity index (χ3n) is 4.20. The normalized spacial score (nSPS) is 24.6. The lowest BCUT2D eigenvalue weighted by atomic mass is 9.92. The molecule has 0 amide bonds. The number of aliphatic imine (C=N–C) groups is 1. The topological polar surface area (TPSA) is 30.9 Å². The Hall–Kier alpha value is -0.770. The molecule has 2 unspecified atom stereocenters. The quantitative estimate of drug-likeness (QED) is 0.620. The van der Waals surface area contributed by atoms with Gasteiger partial charge in [0.05, 0.1) is 0 Å². The van der Waals surface area contributed by atoms with Gasteiger partial charge in [-0.2, -0.15) is 0 Å². The predicted octanol–water partition coefficient (Wildman–Crippen LogP) is 2.27. The maximum atomic E-state index is 4.46. The van der Waals surface area contributed by atoms with Crippen LogP contribution in [0.5, 0.6) is 0 Å². The first kappa shape index (κ1) is 17.3. The Morgan fingerprint density at radius 1 is 1.30 bits per heavy atom. The lowest BCUT2D eigenvalue weighted by molar-refractivity contribution is 0.205. The molecule has 0 aliphatic carbocycles. The number of guanidine groups is 1. The zero-order chi connectivity index (χ0) is 15.1. The Morgan fingerprint density at radius 2 is 1.90 bits per heavy atom. The van der Waals surface area contributed by atoms with E-state index in [4.69, 9.17) is 0 Å². The molecule has 1 aliphatic rings. The zero-order valence-electron chi connectivity index (χ0n) is 14.3. The average molecular weight is 282 g/mol. The van der Waals surface area contributed by atoms with E-state index in [-0.39, 0.29) is 0 Å². The first-order valence-electron chi connectivity index (χ1n) is 8.17. The van der Waals surface area contributed by atoms with Crippen LogP contribution in [0, 0.1) is 11.8 Å². The molecule has 4 heteroatoms. The molecule has 0 aromatic rings. The first-order chi connectivity index (χ1) is 9.47. The van der Waals surface area contributed by atoms with Gasteiger partial charge < -0.3 is 10.2 Å². The van der Waals surface area contributed by atoms with Crippen LogP contribution in [0.15, 0.2) is 4.99 Å². The lowest BCUT2D eigenvalue weighted by Gasteiger charge is -2.37. The van der Waals surface area contributed by atoms with Gasteiger partial charge in [-0.05, 0) is 38.6 Å². The van der Waals surface area contributed by atoms with Gasteiger partial charge in [0.15, 0.2) is 5.96 Å². The first-order valence-corrected chi connectivity index (χ1v) is 8.17. The summed E-state index contributed by atoms with van der Waals surface area (Å²) in [7, 11) is 1.90. The second-order valence-electron chi connectivity index (χ2n) is 6.55. The predicted molar refractivity (Wildman–Crippen MR) is 88.3 cm³/mol. The Labute approximate surface area is 125 Å². The van der Waals surface area contributed by atoms with Gasteiger partial charge in [0, 0.05) is 39.3 Å². The molecule has 0 aromatic carbocycles.